The number of nitrogens with zero attached hydrogens (tertiary/aromatic N) is 3. The summed E-state index contributed by atoms with van der Waals surface area (Å²) in [5.74, 6) is -2.00. The number of amides is 1. The normalized spacial score (nSPS) is 10.3. The SMILES string of the molecule is O=C(COC(=O)c1cncn1-c1ccc(F)cc1)Nc1ccccc1[N+](=O)[O-]. The lowest BCUT2D eigenvalue weighted by Crippen LogP contribution is -2.22. The minimum atomic E-state index is -0.834. The molecule has 28 heavy (non-hydrogen) atoms. The van der Waals surface area contributed by atoms with Crippen LogP contribution in [0.15, 0.2) is 61.1 Å². The molecular formula is C18H13FN4O5. The highest BCUT2D eigenvalue weighted by Gasteiger charge is 2.18. The number of esters is 1. The molecule has 0 fully saturated rings. The van der Waals surface area contributed by atoms with Crippen LogP contribution in [0.1, 0.15) is 10.5 Å². The standard InChI is InChI=1S/C18H13FN4O5/c19-12-5-7-13(8-6-12)22-11-20-9-16(22)18(25)28-10-17(24)21-14-3-1-2-4-15(14)23(26)27/h1-9,11H,10H2,(H,21,24). The van der Waals surface area contributed by atoms with E-state index < -0.39 is 29.2 Å². The number of carbonyl (C=O) groups is 2. The summed E-state index contributed by atoms with van der Waals surface area (Å²) in [7, 11) is 0. The highest BCUT2D eigenvalue weighted by atomic mass is 19.1. The maximum atomic E-state index is 13.1. The average Bonchev–Trinajstić information content (AvgIpc) is 3.17. The molecule has 0 saturated carbocycles. The molecule has 0 saturated heterocycles. The van der Waals surface area contributed by atoms with E-state index in [1.807, 2.05) is 0 Å². The number of rotatable bonds is 6. The lowest BCUT2D eigenvalue weighted by molar-refractivity contribution is -0.383. The van der Waals surface area contributed by atoms with Gasteiger partial charge in [-0.25, -0.2) is 14.2 Å². The monoisotopic (exact) mass is 384 g/mol. The Labute approximate surface area is 157 Å². The first-order valence-electron chi connectivity index (χ1n) is 7.94. The number of halogens is 1. The Kier molecular flexibility index (Phi) is 5.40. The van der Waals surface area contributed by atoms with Gasteiger partial charge in [-0.1, -0.05) is 12.1 Å². The van der Waals surface area contributed by atoms with Gasteiger partial charge in [0.2, 0.25) is 0 Å². The minimum absolute atomic E-state index is 0.00935. The van der Waals surface area contributed by atoms with Crippen molar-refractivity contribution < 1.29 is 23.6 Å². The first-order valence-corrected chi connectivity index (χ1v) is 7.94. The second-order valence-corrected chi connectivity index (χ2v) is 5.52. The molecule has 0 atom stereocenters. The number of nitrogens with one attached hydrogen (secondary N) is 1. The van der Waals surface area contributed by atoms with Gasteiger partial charge < -0.3 is 10.1 Å². The van der Waals surface area contributed by atoms with Gasteiger partial charge in [-0.3, -0.25) is 19.5 Å². The first kappa shape index (κ1) is 18.7. The number of aromatic nitrogens is 2. The molecule has 1 N–H and O–H groups in total. The topological polar surface area (TPSA) is 116 Å². The second kappa shape index (κ2) is 8.08. The maximum Gasteiger partial charge on any atom is 0.357 e. The van der Waals surface area contributed by atoms with Crippen molar-refractivity contribution in [1.29, 1.82) is 0 Å². The molecule has 10 heteroatoms. The van der Waals surface area contributed by atoms with E-state index in [0.717, 1.165) is 0 Å². The summed E-state index contributed by atoms with van der Waals surface area (Å²) in [6.07, 6.45) is 2.59. The lowest BCUT2D eigenvalue weighted by Gasteiger charge is -2.09. The van der Waals surface area contributed by atoms with Crippen molar-refractivity contribution in [3.05, 3.63) is 82.7 Å². The predicted octanol–water partition coefficient (Wildman–Crippen LogP) is 2.72. The zero-order valence-corrected chi connectivity index (χ0v) is 14.2. The Morgan fingerprint density at radius 2 is 1.89 bits per heavy atom. The molecule has 9 nitrogen and oxygen atoms in total. The summed E-state index contributed by atoms with van der Waals surface area (Å²) in [4.78, 5) is 38.4. The lowest BCUT2D eigenvalue weighted by atomic mass is 10.2. The van der Waals surface area contributed by atoms with E-state index in [4.69, 9.17) is 4.74 Å². The Bertz CT molecular complexity index is 1030. The zero-order chi connectivity index (χ0) is 20.1. The molecule has 0 bridgehead atoms. The molecule has 2 aromatic carbocycles. The minimum Gasteiger partial charge on any atom is -0.451 e. The molecule has 0 aliphatic rings. The Balaban J connectivity index is 1.65. The highest BCUT2D eigenvalue weighted by molar-refractivity contribution is 5.96. The van der Waals surface area contributed by atoms with E-state index in [0.29, 0.717) is 5.69 Å². The van der Waals surface area contributed by atoms with Crippen molar-refractivity contribution in [3.8, 4) is 5.69 Å². The zero-order valence-electron chi connectivity index (χ0n) is 14.2. The number of imidazole rings is 1. The van der Waals surface area contributed by atoms with Crippen LogP contribution in [0.25, 0.3) is 5.69 Å². The molecule has 0 aliphatic carbocycles. The van der Waals surface area contributed by atoms with Gasteiger partial charge in [0.1, 0.15) is 11.5 Å². The maximum absolute atomic E-state index is 13.1. The number of para-hydroxylation sites is 2. The summed E-state index contributed by atoms with van der Waals surface area (Å²) >= 11 is 0. The van der Waals surface area contributed by atoms with Crippen LogP contribution in [-0.4, -0.2) is 33.0 Å². The third-order valence-electron chi connectivity index (χ3n) is 3.66. The van der Waals surface area contributed by atoms with E-state index in [9.17, 15) is 24.1 Å². The van der Waals surface area contributed by atoms with Gasteiger partial charge in [-0.05, 0) is 30.3 Å². The number of carbonyl (C=O) groups excluding carboxylic acids is 2. The van der Waals surface area contributed by atoms with Gasteiger partial charge in [-0.2, -0.15) is 0 Å². The van der Waals surface area contributed by atoms with Gasteiger partial charge in [0.05, 0.1) is 17.4 Å². The van der Waals surface area contributed by atoms with Crippen molar-refractivity contribution in [2.24, 2.45) is 0 Å². The van der Waals surface area contributed by atoms with Crippen molar-refractivity contribution >= 4 is 23.3 Å². The number of ether oxygens (including phenoxy) is 1. The van der Waals surface area contributed by atoms with E-state index in [2.05, 4.69) is 10.3 Å². The fourth-order valence-corrected chi connectivity index (χ4v) is 2.38. The molecule has 3 aromatic rings. The average molecular weight is 384 g/mol. The van der Waals surface area contributed by atoms with Gasteiger partial charge in [0.15, 0.2) is 12.3 Å². The fourth-order valence-electron chi connectivity index (χ4n) is 2.38. The van der Waals surface area contributed by atoms with Crippen LogP contribution < -0.4 is 5.32 Å². The molecule has 0 unspecified atom stereocenters. The number of anilines is 1. The Morgan fingerprint density at radius 3 is 2.61 bits per heavy atom. The van der Waals surface area contributed by atoms with E-state index in [-0.39, 0.29) is 17.1 Å². The van der Waals surface area contributed by atoms with E-state index >= 15 is 0 Å². The highest BCUT2D eigenvalue weighted by Crippen LogP contribution is 2.23. The fraction of sp³-hybridized carbons (Fsp3) is 0.0556. The summed E-state index contributed by atoms with van der Waals surface area (Å²) in [6, 6.07) is 10.9. The van der Waals surface area contributed by atoms with Crippen LogP contribution in [0.4, 0.5) is 15.8 Å². The first-order chi connectivity index (χ1) is 13.5. The number of hydrogen-bond donors (Lipinski definition) is 1. The number of benzene rings is 2. The van der Waals surface area contributed by atoms with E-state index in [1.165, 1.54) is 65.6 Å². The van der Waals surface area contributed by atoms with Gasteiger partial charge in [0.25, 0.3) is 11.6 Å². The molecule has 1 aromatic heterocycles. The third-order valence-corrected chi connectivity index (χ3v) is 3.66. The molecule has 1 amide bonds. The second-order valence-electron chi connectivity index (χ2n) is 5.52. The van der Waals surface area contributed by atoms with Crippen LogP contribution >= 0.6 is 0 Å². The third kappa shape index (κ3) is 4.18. The van der Waals surface area contributed by atoms with Gasteiger partial charge in [-0.15, -0.1) is 0 Å². The molecule has 0 radical (unpaired) electrons. The van der Waals surface area contributed by atoms with E-state index in [1.54, 1.807) is 0 Å². The molecule has 0 aliphatic heterocycles. The van der Waals surface area contributed by atoms with Crippen LogP contribution in [-0.2, 0) is 9.53 Å². The van der Waals surface area contributed by atoms with Crippen LogP contribution in [0.3, 0.4) is 0 Å². The summed E-state index contributed by atoms with van der Waals surface area (Å²) < 4.78 is 19.4. The van der Waals surface area contributed by atoms with Crippen molar-refractivity contribution in [1.82, 2.24) is 9.55 Å². The van der Waals surface area contributed by atoms with Crippen LogP contribution in [0.5, 0.6) is 0 Å². The van der Waals surface area contributed by atoms with Crippen LogP contribution in [0.2, 0.25) is 0 Å². The quantitative estimate of drug-likeness (QED) is 0.397. The summed E-state index contributed by atoms with van der Waals surface area (Å²) in [6.45, 7) is -0.653. The van der Waals surface area contributed by atoms with Crippen molar-refractivity contribution in [2.45, 2.75) is 0 Å². The largest absolute Gasteiger partial charge is 0.451 e. The van der Waals surface area contributed by atoms with Crippen molar-refractivity contribution in [3.63, 3.8) is 0 Å². The molecule has 142 valence electrons. The smallest absolute Gasteiger partial charge is 0.357 e. The Morgan fingerprint density at radius 1 is 1.18 bits per heavy atom. The molecule has 1 heterocycles. The molecule has 0 spiro atoms. The van der Waals surface area contributed by atoms with Crippen molar-refractivity contribution in [2.75, 3.05) is 11.9 Å². The summed E-state index contributed by atoms with van der Waals surface area (Å²) in [5.41, 5.74) is 0.224. The predicted molar refractivity (Wildman–Crippen MR) is 95.5 cm³/mol. The Hall–Kier alpha value is -4.08. The van der Waals surface area contributed by atoms with Crippen LogP contribution in [0, 0.1) is 15.9 Å². The number of hydrogen-bond acceptors (Lipinski definition) is 6. The molecular weight excluding hydrogens is 371 g/mol. The number of nitro benzene ring substituents is 1. The number of nitro groups is 1. The van der Waals surface area contributed by atoms with Gasteiger partial charge >= 0.3 is 5.97 Å². The summed E-state index contributed by atoms with van der Waals surface area (Å²) in [5, 5.41) is 13.3. The molecule has 3 rings (SSSR count). The van der Waals surface area contributed by atoms with Gasteiger partial charge in [0, 0.05) is 11.8 Å².